The van der Waals surface area contributed by atoms with Gasteiger partial charge in [0, 0.05) is 42.3 Å². The van der Waals surface area contributed by atoms with Crippen molar-refractivity contribution in [3.63, 3.8) is 0 Å². The van der Waals surface area contributed by atoms with Gasteiger partial charge in [0.2, 0.25) is 0 Å². The molecule has 1 nitrogen and oxygen atoms in total. The lowest BCUT2D eigenvalue weighted by Gasteiger charge is -2.29. The van der Waals surface area contributed by atoms with Gasteiger partial charge in [0.15, 0.2) is 0 Å². The van der Waals surface area contributed by atoms with Crippen molar-refractivity contribution >= 4 is 91.7 Å². The highest BCUT2D eigenvalue weighted by Crippen LogP contribution is 2.52. The maximum absolute atomic E-state index is 2.51. The van der Waals surface area contributed by atoms with E-state index >= 15 is 0 Å². The molecule has 0 saturated heterocycles. The van der Waals surface area contributed by atoms with Crippen LogP contribution < -0.4 is 4.90 Å². The Hall–Kier alpha value is -5.96. The molecule has 1 aliphatic rings. The van der Waals surface area contributed by atoms with Crippen molar-refractivity contribution in [3.8, 4) is 11.1 Å². The summed E-state index contributed by atoms with van der Waals surface area (Å²) in [6.45, 7) is 4.71. The molecule has 0 radical (unpaired) electrons. The second-order valence-electron chi connectivity index (χ2n) is 14.5. The Kier molecular flexibility index (Phi) is 5.95. The van der Waals surface area contributed by atoms with Gasteiger partial charge >= 0.3 is 0 Å². The molecule has 1 heterocycles. The number of anilines is 3. The zero-order chi connectivity index (χ0) is 33.8. The number of fused-ring (bicyclic) bond motifs is 13. The maximum Gasteiger partial charge on any atom is 0.0546 e. The van der Waals surface area contributed by atoms with E-state index in [1.165, 1.54) is 91.2 Å². The summed E-state index contributed by atoms with van der Waals surface area (Å²) >= 11 is 1.88. The van der Waals surface area contributed by atoms with Crippen LogP contribution in [0.2, 0.25) is 0 Å². The van der Waals surface area contributed by atoms with Gasteiger partial charge in [-0.2, -0.15) is 0 Å². The third-order valence-corrected chi connectivity index (χ3v) is 12.5. The monoisotopic (exact) mass is 667 g/mol. The van der Waals surface area contributed by atoms with Crippen molar-refractivity contribution in [2.75, 3.05) is 4.90 Å². The van der Waals surface area contributed by atoms with E-state index in [0.29, 0.717) is 0 Å². The van der Waals surface area contributed by atoms with Crippen LogP contribution in [0.1, 0.15) is 25.0 Å². The molecule has 0 atom stereocenters. The van der Waals surface area contributed by atoms with Crippen molar-refractivity contribution in [2.45, 2.75) is 19.3 Å². The number of thiophene rings is 1. The van der Waals surface area contributed by atoms with E-state index in [-0.39, 0.29) is 5.41 Å². The summed E-state index contributed by atoms with van der Waals surface area (Å²) < 4.78 is 2.62. The first-order valence-corrected chi connectivity index (χ1v) is 18.6. The highest BCUT2D eigenvalue weighted by molar-refractivity contribution is 7.25. The first kappa shape index (κ1) is 28.8. The predicted octanol–water partition coefficient (Wildman–Crippen LogP) is 14.4. The summed E-state index contributed by atoms with van der Waals surface area (Å²) in [5.74, 6) is 0. The van der Waals surface area contributed by atoms with Gasteiger partial charge < -0.3 is 4.90 Å². The Labute approximate surface area is 300 Å². The highest BCUT2D eigenvalue weighted by atomic mass is 32.1. The summed E-state index contributed by atoms with van der Waals surface area (Å²) in [4.78, 5) is 2.51. The summed E-state index contributed by atoms with van der Waals surface area (Å²) in [6.07, 6.45) is 0. The molecule has 2 heteroatoms. The molecule has 0 fully saturated rings. The highest BCUT2D eigenvalue weighted by Gasteiger charge is 2.35. The van der Waals surface area contributed by atoms with E-state index in [2.05, 4.69) is 183 Å². The molecule has 51 heavy (non-hydrogen) atoms. The molecule has 0 N–H and O–H groups in total. The first-order chi connectivity index (χ1) is 25.0. The first-order valence-electron chi connectivity index (χ1n) is 17.8. The maximum atomic E-state index is 2.51. The Bertz CT molecular complexity index is 3070. The molecule has 0 spiro atoms. The molecule has 10 aromatic rings. The van der Waals surface area contributed by atoms with Gasteiger partial charge in [-0.1, -0.05) is 141 Å². The summed E-state index contributed by atoms with van der Waals surface area (Å²) in [5, 5.41) is 12.9. The van der Waals surface area contributed by atoms with Crippen molar-refractivity contribution in [1.82, 2.24) is 0 Å². The third kappa shape index (κ3) is 4.08. The zero-order valence-electron chi connectivity index (χ0n) is 28.4. The summed E-state index contributed by atoms with van der Waals surface area (Å²) in [5.41, 5.74) is 8.89. The van der Waals surface area contributed by atoms with Gasteiger partial charge in [-0.15, -0.1) is 11.3 Å². The fraction of sp³-hybridized carbons (Fsp3) is 0.0612. The fourth-order valence-corrected chi connectivity index (χ4v) is 10.1. The minimum Gasteiger partial charge on any atom is -0.310 e. The number of rotatable bonds is 3. The largest absolute Gasteiger partial charge is 0.310 e. The Morgan fingerprint density at radius 2 is 1.02 bits per heavy atom. The van der Waals surface area contributed by atoms with Crippen LogP contribution in [-0.4, -0.2) is 0 Å². The van der Waals surface area contributed by atoms with Crippen LogP contribution in [0.4, 0.5) is 17.1 Å². The molecule has 11 rings (SSSR count). The van der Waals surface area contributed by atoms with Crippen LogP contribution in [0, 0.1) is 0 Å². The minimum absolute atomic E-state index is 0.0508. The molecule has 240 valence electrons. The van der Waals surface area contributed by atoms with E-state index in [0.717, 1.165) is 11.4 Å². The van der Waals surface area contributed by atoms with Crippen molar-refractivity contribution in [2.24, 2.45) is 0 Å². The Morgan fingerprint density at radius 3 is 1.90 bits per heavy atom. The molecule has 0 unspecified atom stereocenters. The van der Waals surface area contributed by atoms with Crippen LogP contribution in [0.3, 0.4) is 0 Å². The van der Waals surface area contributed by atoms with E-state index in [9.17, 15) is 0 Å². The molecule has 0 saturated carbocycles. The average Bonchev–Trinajstić information content (AvgIpc) is 3.66. The second-order valence-corrected chi connectivity index (χ2v) is 15.6. The van der Waals surface area contributed by atoms with Crippen LogP contribution in [0.25, 0.3) is 74.4 Å². The molecular formula is C49H33NS. The molecule has 0 bridgehead atoms. The number of nitrogens with zero attached hydrogens (tertiary/aromatic N) is 1. The third-order valence-electron chi connectivity index (χ3n) is 11.4. The lowest BCUT2D eigenvalue weighted by molar-refractivity contribution is 0.660. The standard InChI is InChI=1S/C49H33NS/c1-49(2)42-17-9-7-13-36(42)41-28-33(24-26-43(41)49)50(34-23-25-39-38-15-8-10-18-45(38)51-46(39)29-34)44-27-32-22-21-31-20-19-30-11-3-4-12-35(30)47(31)48(32)40-16-6-5-14-37(40)44/h3-29H,1-2H3. The number of hydrogen-bond acceptors (Lipinski definition) is 2. The van der Waals surface area contributed by atoms with E-state index in [4.69, 9.17) is 0 Å². The van der Waals surface area contributed by atoms with Gasteiger partial charge in [0.1, 0.15) is 0 Å². The molecule has 1 aromatic heterocycles. The van der Waals surface area contributed by atoms with Crippen molar-refractivity contribution in [3.05, 3.63) is 175 Å². The van der Waals surface area contributed by atoms with Crippen molar-refractivity contribution in [1.29, 1.82) is 0 Å². The topological polar surface area (TPSA) is 3.24 Å². The SMILES string of the molecule is CC1(C)c2ccccc2-c2cc(N(c3ccc4c(c3)sc3ccccc34)c3cc4ccc5ccc6ccccc6c5c4c4ccccc34)ccc21. The van der Waals surface area contributed by atoms with Crippen LogP contribution in [-0.2, 0) is 5.41 Å². The van der Waals surface area contributed by atoms with Crippen LogP contribution >= 0.6 is 11.3 Å². The van der Waals surface area contributed by atoms with Gasteiger partial charge in [-0.05, 0) is 96.4 Å². The van der Waals surface area contributed by atoms with E-state index in [1.807, 2.05) is 11.3 Å². The van der Waals surface area contributed by atoms with Gasteiger partial charge in [0.05, 0.1) is 5.69 Å². The lowest BCUT2D eigenvalue weighted by atomic mass is 9.82. The summed E-state index contributed by atoms with van der Waals surface area (Å²) in [6, 6.07) is 61.3. The van der Waals surface area contributed by atoms with E-state index < -0.39 is 0 Å². The predicted molar refractivity (Wildman–Crippen MR) is 222 cm³/mol. The normalized spacial score (nSPS) is 13.5. The molecule has 0 amide bonds. The quantitative estimate of drug-likeness (QED) is 0.170. The molecule has 0 aliphatic heterocycles. The lowest BCUT2D eigenvalue weighted by Crippen LogP contribution is -2.15. The Morgan fingerprint density at radius 1 is 0.412 bits per heavy atom. The van der Waals surface area contributed by atoms with Crippen LogP contribution in [0.5, 0.6) is 0 Å². The minimum atomic E-state index is -0.0508. The molecule has 9 aromatic carbocycles. The molecular weight excluding hydrogens is 635 g/mol. The van der Waals surface area contributed by atoms with Gasteiger partial charge in [0.25, 0.3) is 0 Å². The van der Waals surface area contributed by atoms with Gasteiger partial charge in [-0.3, -0.25) is 0 Å². The average molecular weight is 668 g/mol. The van der Waals surface area contributed by atoms with Crippen molar-refractivity contribution < 1.29 is 0 Å². The number of hydrogen-bond donors (Lipinski definition) is 0. The second kappa shape index (κ2) is 10.5. The number of benzene rings is 9. The van der Waals surface area contributed by atoms with Gasteiger partial charge in [-0.25, -0.2) is 0 Å². The van der Waals surface area contributed by atoms with E-state index in [1.54, 1.807) is 0 Å². The smallest absolute Gasteiger partial charge is 0.0546 e. The van der Waals surface area contributed by atoms with Crippen LogP contribution in [0.15, 0.2) is 164 Å². The zero-order valence-corrected chi connectivity index (χ0v) is 29.3. The summed E-state index contributed by atoms with van der Waals surface area (Å²) in [7, 11) is 0. The Balaban J connectivity index is 1.23. The molecule has 1 aliphatic carbocycles. The fourth-order valence-electron chi connectivity index (χ4n) is 8.99.